The fourth-order valence-electron chi connectivity index (χ4n) is 4.78. The van der Waals surface area contributed by atoms with Crippen molar-refractivity contribution in [3.8, 4) is 0 Å². The first kappa shape index (κ1) is 38.7. The Hall–Kier alpha value is -4.45. The second kappa shape index (κ2) is 19.3. The van der Waals surface area contributed by atoms with E-state index in [1.54, 1.807) is 20.8 Å². The number of alkyl carbamates (subject to hydrolysis) is 1. The van der Waals surface area contributed by atoms with Crippen molar-refractivity contribution in [2.75, 3.05) is 6.54 Å². The molecule has 4 amide bonds. The van der Waals surface area contributed by atoms with E-state index in [1.807, 2.05) is 74.5 Å². The van der Waals surface area contributed by atoms with Gasteiger partial charge in [-0.3, -0.25) is 14.4 Å². The zero-order valence-corrected chi connectivity index (χ0v) is 28.1. The van der Waals surface area contributed by atoms with Crippen LogP contribution in [0.15, 0.2) is 60.7 Å². The summed E-state index contributed by atoms with van der Waals surface area (Å²) in [5.41, 5.74) is 7.23. The minimum absolute atomic E-state index is 0.0188. The molecule has 0 aliphatic heterocycles. The minimum atomic E-state index is -1.21. The standard InChI is InChI=1S/C35H51N5O7/c1-23(2)20-28(31(42)38-27(33(44)45)18-12-13-19-37-34(46)47-35(3,4)5)40-32(43)29(22-25-16-10-7-11-17-25)39-30(41)26(36)21-24-14-8-6-9-15-24/h6-11,14-17,23,26-29H,12-13,18-22,36H2,1-5H3,(H,37,46)(H,38,42)(H,39,41)(H,40,43)(H,44,45)/t26-,27+,28+,29-/m1/s1. The molecule has 0 aliphatic carbocycles. The first-order valence-electron chi connectivity index (χ1n) is 16.1. The van der Waals surface area contributed by atoms with Crippen molar-refractivity contribution < 1.29 is 33.8 Å². The van der Waals surface area contributed by atoms with E-state index in [0.717, 1.165) is 11.1 Å². The van der Waals surface area contributed by atoms with Crippen molar-refractivity contribution in [2.45, 2.75) is 103 Å². The molecular formula is C35H51N5O7. The largest absolute Gasteiger partial charge is 0.480 e. The average molecular weight is 654 g/mol. The summed E-state index contributed by atoms with van der Waals surface area (Å²) in [6, 6.07) is 14.2. The van der Waals surface area contributed by atoms with Crippen LogP contribution in [0.25, 0.3) is 0 Å². The summed E-state index contributed by atoms with van der Waals surface area (Å²) in [7, 11) is 0. The van der Waals surface area contributed by atoms with E-state index in [-0.39, 0.29) is 38.1 Å². The Kier molecular flexibility index (Phi) is 15.9. The van der Waals surface area contributed by atoms with Crippen molar-refractivity contribution in [1.29, 1.82) is 0 Å². The van der Waals surface area contributed by atoms with E-state index < -0.39 is 59.6 Å². The van der Waals surface area contributed by atoms with Crippen LogP contribution in [-0.2, 0) is 36.8 Å². The van der Waals surface area contributed by atoms with Gasteiger partial charge >= 0.3 is 12.1 Å². The fraction of sp³-hybridized carbons (Fsp3) is 0.514. The van der Waals surface area contributed by atoms with Gasteiger partial charge in [0.25, 0.3) is 0 Å². The minimum Gasteiger partial charge on any atom is -0.480 e. The van der Waals surface area contributed by atoms with Gasteiger partial charge in [-0.05, 0) is 69.9 Å². The number of unbranched alkanes of at least 4 members (excludes halogenated alkanes) is 1. The van der Waals surface area contributed by atoms with Gasteiger partial charge in [-0.2, -0.15) is 0 Å². The molecule has 0 fully saturated rings. The molecule has 0 aliphatic rings. The van der Waals surface area contributed by atoms with Gasteiger partial charge in [-0.25, -0.2) is 9.59 Å². The van der Waals surface area contributed by atoms with Gasteiger partial charge in [-0.15, -0.1) is 0 Å². The lowest BCUT2D eigenvalue weighted by molar-refractivity contribution is -0.142. The Bertz CT molecular complexity index is 1300. The first-order chi connectivity index (χ1) is 22.1. The molecule has 0 heterocycles. The van der Waals surface area contributed by atoms with Crippen molar-refractivity contribution in [1.82, 2.24) is 21.3 Å². The van der Waals surface area contributed by atoms with E-state index in [9.17, 15) is 29.1 Å². The molecule has 2 aromatic carbocycles. The third-order valence-corrected chi connectivity index (χ3v) is 7.09. The molecule has 0 saturated heterocycles. The number of ether oxygens (including phenoxy) is 1. The highest BCUT2D eigenvalue weighted by Crippen LogP contribution is 2.11. The van der Waals surface area contributed by atoms with Crippen LogP contribution in [0.4, 0.5) is 4.79 Å². The highest BCUT2D eigenvalue weighted by atomic mass is 16.6. The van der Waals surface area contributed by atoms with Crippen molar-refractivity contribution in [2.24, 2.45) is 11.7 Å². The Morgan fingerprint density at radius 1 is 0.745 bits per heavy atom. The zero-order chi connectivity index (χ0) is 35.0. The monoisotopic (exact) mass is 653 g/mol. The number of amides is 4. The molecular weight excluding hydrogens is 602 g/mol. The van der Waals surface area contributed by atoms with E-state index in [4.69, 9.17) is 10.5 Å². The molecule has 0 aromatic heterocycles. The van der Waals surface area contributed by atoms with E-state index >= 15 is 0 Å². The highest BCUT2D eigenvalue weighted by Gasteiger charge is 2.31. The summed E-state index contributed by atoms with van der Waals surface area (Å²) in [5, 5.41) is 20.5. The number of carbonyl (C=O) groups is 5. The van der Waals surface area contributed by atoms with Crippen molar-refractivity contribution >= 4 is 29.8 Å². The normalized spacial score (nSPS) is 13.9. The van der Waals surface area contributed by atoms with Crippen molar-refractivity contribution in [3.63, 3.8) is 0 Å². The SMILES string of the molecule is CC(C)C[C@H](NC(=O)[C@@H](Cc1ccccc1)NC(=O)[C@H](N)Cc1ccccc1)C(=O)N[C@@H](CCCCNC(=O)OC(C)(C)C)C(=O)O. The van der Waals surface area contributed by atoms with E-state index in [2.05, 4.69) is 21.3 Å². The van der Waals surface area contributed by atoms with Crippen LogP contribution < -0.4 is 27.0 Å². The number of carboxylic acid groups (broad SMARTS) is 1. The fourth-order valence-corrected chi connectivity index (χ4v) is 4.78. The smallest absolute Gasteiger partial charge is 0.407 e. The lowest BCUT2D eigenvalue weighted by atomic mass is 10.00. The van der Waals surface area contributed by atoms with Crippen LogP contribution in [0.1, 0.15) is 71.4 Å². The van der Waals surface area contributed by atoms with Gasteiger partial charge in [0.15, 0.2) is 0 Å². The third-order valence-electron chi connectivity index (χ3n) is 7.09. The van der Waals surface area contributed by atoms with Gasteiger partial charge in [0.1, 0.15) is 23.7 Å². The van der Waals surface area contributed by atoms with Gasteiger partial charge in [0.2, 0.25) is 17.7 Å². The quantitative estimate of drug-likeness (QED) is 0.132. The maximum absolute atomic E-state index is 13.7. The molecule has 2 rings (SSSR count). The van der Waals surface area contributed by atoms with Gasteiger partial charge in [-0.1, -0.05) is 74.5 Å². The zero-order valence-electron chi connectivity index (χ0n) is 28.1. The number of benzene rings is 2. The molecule has 0 radical (unpaired) electrons. The van der Waals surface area contributed by atoms with Crippen molar-refractivity contribution in [3.05, 3.63) is 71.8 Å². The Labute approximate surface area is 277 Å². The molecule has 12 heteroatoms. The lowest BCUT2D eigenvalue weighted by Crippen LogP contribution is -2.58. The molecule has 258 valence electrons. The molecule has 12 nitrogen and oxygen atoms in total. The number of rotatable bonds is 18. The molecule has 0 bridgehead atoms. The second-order valence-electron chi connectivity index (χ2n) is 13.1. The van der Waals surface area contributed by atoms with Crippen LogP contribution in [0.2, 0.25) is 0 Å². The predicted octanol–water partition coefficient (Wildman–Crippen LogP) is 3.08. The third kappa shape index (κ3) is 15.6. The van der Waals surface area contributed by atoms with Gasteiger partial charge < -0.3 is 36.8 Å². The summed E-state index contributed by atoms with van der Waals surface area (Å²) >= 11 is 0. The summed E-state index contributed by atoms with van der Waals surface area (Å²) in [6.07, 6.45) is 1.10. The second-order valence-corrected chi connectivity index (χ2v) is 13.1. The average Bonchev–Trinajstić information content (AvgIpc) is 2.99. The summed E-state index contributed by atoms with van der Waals surface area (Å²) < 4.78 is 5.19. The van der Waals surface area contributed by atoms with Crippen LogP contribution in [0.5, 0.6) is 0 Å². The van der Waals surface area contributed by atoms with E-state index in [1.165, 1.54) is 0 Å². The van der Waals surface area contributed by atoms with Crippen LogP contribution in [0.3, 0.4) is 0 Å². The molecule has 7 N–H and O–H groups in total. The number of hydrogen-bond donors (Lipinski definition) is 6. The number of nitrogens with two attached hydrogens (primary N) is 1. The Balaban J connectivity index is 2.08. The van der Waals surface area contributed by atoms with Crippen LogP contribution in [-0.4, -0.2) is 71.2 Å². The van der Waals surface area contributed by atoms with Gasteiger partial charge in [0, 0.05) is 13.0 Å². The lowest BCUT2D eigenvalue weighted by Gasteiger charge is -2.26. The topological polar surface area (TPSA) is 189 Å². The molecule has 0 spiro atoms. The number of hydrogen-bond acceptors (Lipinski definition) is 7. The van der Waals surface area contributed by atoms with Gasteiger partial charge in [0.05, 0.1) is 6.04 Å². The maximum atomic E-state index is 13.7. The number of carbonyl (C=O) groups excluding carboxylic acids is 4. The summed E-state index contributed by atoms with van der Waals surface area (Å²) in [6.45, 7) is 9.30. The predicted molar refractivity (Wildman–Crippen MR) is 179 cm³/mol. The van der Waals surface area contributed by atoms with E-state index in [0.29, 0.717) is 12.8 Å². The molecule has 0 saturated carbocycles. The maximum Gasteiger partial charge on any atom is 0.407 e. The summed E-state index contributed by atoms with van der Waals surface area (Å²) in [4.78, 5) is 64.0. The number of nitrogens with one attached hydrogen (secondary N) is 4. The Morgan fingerprint density at radius 2 is 1.26 bits per heavy atom. The molecule has 47 heavy (non-hydrogen) atoms. The number of carboxylic acids is 1. The molecule has 4 atom stereocenters. The highest BCUT2D eigenvalue weighted by molar-refractivity contribution is 5.94. The summed E-state index contributed by atoms with van der Waals surface area (Å²) in [5.74, 6) is -2.97. The number of aliphatic carboxylic acids is 1. The first-order valence-corrected chi connectivity index (χ1v) is 16.1. The molecule has 0 unspecified atom stereocenters. The molecule has 2 aromatic rings. The van der Waals surface area contributed by atoms with Crippen LogP contribution in [0, 0.1) is 5.92 Å². The Morgan fingerprint density at radius 3 is 1.79 bits per heavy atom. The van der Waals surface area contributed by atoms with Crippen LogP contribution >= 0.6 is 0 Å².